The van der Waals surface area contributed by atoms with E-state index in [-0.39, 0.29) is 18.1 Å². The van der Waals surface area contributed by atoms with Gasteiger partial charge in [-0.25, -0.2) is 8.42 Å². The molecule has 33 heavy (non-hydrogen) atoms. The van der Waals surface area contributed by atoms with Gasteiger partial charge in [-0.05, 0) is 55.1 Å². The van der Waals surface area contributed by atoms with Crippen molar-refractivity contribution in [3.8, 4) is 11.1 Å². The molecule has 0 amide bonds. The predicted octanol–water partition coefficient (Wildman–Crippen LogP) is 5.56. The highest BCUT2D eigenvalue weighted by molar-refractivity contribution is 7.92. The van der Waals surface area contributed by atoms with Crippen LogP contribution in [0, 0.1) is 20.8 Å². The van der Waals surface area contributed by atoms with Gasteiger partial charge in [0.2, 0.25) is 10.0 Å². The molecular formula is C25H34N2O4SSi. The first kappa shape index (κ1) is 25.0. The summed E-state index contributed by atoms with van der Waals surface area (Å²) in [4.78, 5) is 15.7. The highest BCUT2D eigenvalue weighted by Crippen LogP contribution is 2.41. The molecule has 0 aliphatic rings. The zero-order valence-electron chi connectivity index (χ0n) is 20.5. The fourth-order valence-corrected chi connectivity index (χ4v) is 8.13. The third kappa shape index (κ3) is 5.86. The van der Waals surface area contributed by atoms with Crippen molar-refractivity contribution in [2.24, 2.45) is 0 Å². The van der Waals surface area contributed by atoms with E-state index in [1.165, 1.54) is 7.11 Å². The summed E-state index contributed by atoms with van der Waals surface area (Å²) in [6, 6.07) is 10.8. The average Bonchev–Trinajstić information content (AvgIpc) is 3.11. The second kappa shape index (κ2) is 9.35. The van der Waals surface area contributed by atoms with Gasteiger partial charge in [-0.15, -0.1) is 0 Å². The molecule has 0 aliphatic carbocycles. The quantitative estimate of drug-likeness (QED) is 0.322. The lowest BCUT2D eigenvalue weighted by molar-refractivity contribution is -0.139. The first-order chi connectivity index (χ1) is 15.3. The normalized spacial score (nSPS) is 12.2. The number of hydrogen-bond donors (Lipinski definition) is 2. The Balaban J connectivity index is 2.25. The zero-order chi connectivity index (χ0) is 24.6. The summed E-state index contributed by atoms with van der Waals surface area (Å²) in [5.74, 6) is -0.291. The molecule has 0 bridgehead atoms. The number of aromatic nitrogens is 1. The van der Waals surface area contributed by atoms with Crippen LogP contribution in [-0.4, -0.2) is 40.3 Å². The minimum atomic E-state index is -3.56. The number of fused-ring (bicyclic) bond motifs is 1. The second-order valence-corrected chi connectivity index (χ2v) is 17.4. The summed E-state index contributed by atoms with van der Waals surface area (Å²) in [5.41, 5.74) is 6.66. The van der Waals surface area contributed by atoms with Gasteiger partial charge in [0.05, 0.1) is 30.5 Å². The minimum Gasteiger partial charge on any atom is -0.469 e. The van der Waals surface area contributed by atoms with E-state index < -0.39 is 18.1 Å². The maximum Gasteiger partial charge on any atom is 0.310 e. The summed E-state index contributed by atoms with van der Waals surface area (Å²) in [5, 5.41) is 0.878. The molecule has 0 radical (unpaired) electrons. The van der Waals surface area contributed by atoms with Crippen molar-refractivity contribution in [3.63, 3.8) is 0 Å². The highest BCUT2D eigenvalue weighted by atomic mass is 32.2. The molecule has 0 aliphatic heterocycles. The van der Waals surface area contributed by atoms with Gasteiger partial charge in [0, 0.05) is 19.2 Å². The summed E-state index contributed by atoms with van der Waals surface area (Å²) in [6.45, 7) is 12.3. The van der Waals surface area contributed by atoms with E-state index in [1.807, 2.05) is 51.1 Å². The Hall–Kier alpha value is -2.58. The number of carbonyl (C=O) groups excluding carboxylic acids is 1. The number of sulfonamides is 1. The van der Waals surface area contributed by atoms with Gasteiger partial charge in [0.1, 0.15) is 0 Å². The van der Waals surface area contributed by atoms with Crippen LogP contribution < -0.4 is 4.72 Å². The molecule has 0 atom stereocenters. The van der Waals surface area contributed by atoms with Crippen LogP contribution in [0.5, 0.6) is 0 Å². The van der Waals surface area contributed by atoms with Crippen LogP contribution >= 0.6 is 0 Å². The Labute approximate surface area is 197 Å². The number of H-pyrrole nitrogens is 1. The van der Waals surface area contributed by atoms with Gasteiger partial charge in [0.25, 0.3) is 0 Å². The van der Waals surface area contributed by atoms with Crippen LogP contribution in [0.3, 0.4) is 0 Å². The SMILES string of the molecule is COC(=O)Cc1c(C)c(NS(=O)(=O)CC[Si](C)(C)C)c2[nH]c(C)cc2c1-c1ccc(C)cc1. The van der Waals surface area contributed by atoms with E-state index >= 15 is 0 Å². The second-order valence-electron chi connectivity index (χ2n) is 9.95. The van der Waals surface area contributed by atoms with Gasteiger partial charge < -0.3 is 9.72 Å². The van der Waals surface area contributed by atoms with Gasteiger partial charge >= 0.3 is 5.97 Å². The fourth-order valence-electron chi connectivity index (χ4n) is 3.93. The van der Waals surface area contributed by atoms with Crippen molar-refractivity contribution < 1.29 is 17.9 Å². The van der Waals surface area contributed by atoms with E-state index in [9.17, 15) is 13.2 Å². The van der Waals surface area contributed by atoms with E-state index in [0.717, 1.165) is 44.4 Å². The Bertz CT molecular complexity index is 1290. The standard InChI is InChI=1S/C25H34N2O4SSi/c1-16-8-10-19(11-9-16)23-20(15-22(28)31-4)18(3)24(25-21(23)14-17(2)26-25)27-32(29,30)12-13-33(5,6)7/h8-11,14,26-27H,12-13,15H2,1-7H3. The molecule has 0 fully saturated rings. The lowest BCUT2D eigenvalue weighted by Gasteiger charge is -2.21. The van der Waals surface area contributed by atoms with Crippen LogP contribution in [0.1, 0.15) is 22.4 Å². The number of aryl methyl sites for hydroxylation is 2. The number of esters is 1. The number of nitrogens with one attached hydrogen (secondary N) is 2. The van der Waals surface area contributed by atoms with Crippen LogP contribution in [0.4, 0.5) is 5.69 Å². The van der Waals surface area contributed by atoms with Crippen molar-refractivity contribution in [2.75, 3.05) is 17.6 Å². The number of anilines is 1. The molecule has 0 saturated carbocycles. The van der Waals surface area contributed by atoms with Crippen molar-refractivity contribution in [3.05, 3.63) is 52.7 Å². The minimum absolute atomic E-state index is 0.0509. The molecule has 178 valence electrons. The maximum absolute atomic E-state index is 13.0. The van der Waals surface area contributed by atoms with Crippen molar-refractivity contribution in [1.82, 2.24) is 4.98 Å². The van der Waals surface area contributed by atoms with Crippen LogP contribution in [0.2, 0.25) is 25.7 Å². The van der Waals surface area contributed by atoms with E-state index in [1.54, 1.807) is 0 Å². The summed E-state index contributed by atoms with van der Waals surface area (Å²) in [7, 11) is -3.73. The topological polar surface area (TPSA) is 88.3 Å². The fraction of sp³-hybridized carbons (Fsp3) is 0.400. The van der Waals surface area contributed by atoms with E-state index in [0.29, 0.717) is 11.7 Å². The monoisotopic (exact) mass is 486 g/mol. The molecule has 2 N–H and O–H groups in total. The number of benzene rings is 2. The molecule has 0 unspecified atom stereocenters. The molecule has 8 heteroatoms. The van der Waals surface area contributed by atoms with Crippen molar-refractivity contribution in [2.45, 2.75) is 52.9 Å². The summed E-state index contributed by atoms with van der Waals surface area (Å²) >= 11 is 0. The molecule has 3 rings (SSSR count). The van der Waals surface area contributed by atoms with Crippen molar-refractivity contribution >= 4 is 40.7 Å². The molecule has 6 nitrogen and oxygen atoms in total. The number of methoxy groups -OCH3 is 1. The summed E-state index contributed by atoms with van der Waals surface area (Å²) < 4.78 is 33.9. The molecule has 3 aromatic rings. The average molecular weight is 487 g/mol. The molecular weight excluding hydrogens is 452 g/mol. The lowest BCUT2D eigenvalue weighted by atomic mass is 9.89. The molecule has 1 heterocycles. The molecule has 0 spiro atoms. The smallest absolute Gasteiger partial charge is 0.310 e. The molecule has 0 saturated heterocycles. The van der Waals surface area contributed by atoms with Gasteiger partial charge in [-0.2, -0.15) is 0 Å². The van der Waals surface area contributed by atoms with Gasteiger partial charge in [-0.1, -0.05) is 49.5 Å². The third-order valence-corrected chi connectivity index (χ3v) is 9.24. The predicted molar refractivity (Wildman–Crippen MR) is 139 cm³/mol. The maximum atomic E-state index is 13.0. The summed E-state index contributed by atoms with van der Waals surface area (Å²) in [6.07, 6.45) is 0.0509. The Morgan fingerprint density at radius 2 is 1.73 bits per heavy atom. The number of aromatic amines is 1. The highest BCUT2D eigenvalue weighted by Gasteiger charge is 2.25. The Morgan fingerprint density at radius 3 is 2.30 bits per heavy atom. The van der Waals surface area contributed by atoms with E-state index in [4.69, 9.17) is 4.74 Å². The van der Waals surface area contributed by atoms with Crippen LogP contribution in [-0.2, 0) is 26.0 Å². The Kier molecular flexibility index (Phi) is 7.09. The lowest BCUT2D eigenvalue weighted by Crippen LogP contribution is -2.27. The van der Waals surface area contributed by atoms with Gasteiger partial charge in [-0.3, -0.25) is 9.52 Å². The molecule has 1 aromatic heterocycles. The number of rotatable bonds is 8. The number of carbonyl (C=O) groups is 1. The third-order valence-electron chi connectivity index (χ3n) is 5.87. The first-order valence-corrected chi connectivity index (χ1v) is 16.5. The zero-order valence-corrected chi connectivity index (χ0v) is 22.4. The van der Waals surface area contributed by atoms with E-state index in [2.05, 4.69) is 29.3 Å². The first-order valence-electron chi connectivity index (χ1n) is 11.1. The van der Waals surface area contributed by atoms with Crippen LogP contribution in [0.15, 0.2) is 30.3 Å². The van der Waals surface area contributed by atoms with Gasteiger partial charge in [0.15, 0.2) is 0 Å². The van der Waals surface area contributed by atoms with Crippen LogP contribution in [0.25, 0.3) is 22.0 Å². The van der Waals surface area contributed by atoms with Crippen molar-refractivity contribution in [1.29, 1.82) is 0 Å². The number of ether oxygens (including phenoxy) is 1. The molecule has 2 aromatic carbocycles. The largest absolute Gasteiger partial charge is 0.469 e. The Morgan fingerprint density at radius 1 is 1.09 bits per heavy atom. The number of hydrogen-bond acceptors (Lipinski definition) is 4.